The number of thiophene rings is 2. The maximum absolute atomic E-state index is 5.66. The van der Waals surface area contributed by atoms with Crippen LogP contribution in [0, 0.1) is 87.5 Å². The summed E-state index contributed by atoms with van der Waals surface area (Å²) in [6.07, 6.45) is 9.16. The van der Waals surface area contributed by atoms with Gasteiger partial charge < -0.3 is 4.90 Å². The van der Waals surface area contributed by atoms with E-state index in [0.717, 1.165) is 50.2 Å². The Kier molecular flexibility index (Phi) is 13.1. The molecule has 0 atom stereocenters. The third-order valence-corrected chi connectivity index (χ3v) is 16.5. The number of fused-ring (bicyclic) bond motifs is 4. The summed E-state index contributed by atoms with van der Waals surface area (Å²) in [6.45, 7) is 34.6. The van der Waals surface area contributed by atoms with Gasteiger partial charge in [0.15, 0.2) is 0 Å². The fourth-order valence-corrected chi connectivity index (χ4v) is 14.2. The van der Waals surface area contributed by atoms with Gasteiger partial charge in [-0.1, -0.05) is 145 Å². The van der Waals surface area contributed by atoms with Crippen LogP contribution in [0.15, 0.2) is 77.8 Å². The van der Waals surface area contributed by atoms with Crippen molar-refractivity contribution >= 4 is 73.8 Å². The number of hydrogen-bond donors (Lipinski definition) is 0. The van der Waals surface area contributed by atoms with Gasteiger partial charge in [-0.05, 0) is 164 Å². The van der Waals surface area contributed by atoms with Crippen molar-refractivity contribution in [2.24, 2.45) is 4.99 Å². The van der Waals surface area contributed by atoms with Gasteiger partial charge in [-0.25, -0.2) is 15.9 Å². The molecule has 0 unspecified atom stereocenters. The first kappa shape index (κ1) is 45.2. The lowest BCUT2D eigenvalue weighted by atomic mass is 9.36. The molecule has 0 fully saturated rings. The summed E-state index contributed by atoms with van der Waals surface area (Å²) >= 11 is 3.98. The van der Waals surface area contributed by atoms with Crippen molar-refractivity contribution in [3.05, 3.63) is 165 Å². The van der Waals surface area contributed by atoms with Gasteiger partial charge in [0.25, 0.3) is 6.71 Å². The van der Waals surface area contributed by atoms with Crippen LogP contribution >= 0.6 is 22.7 Å². The van der Waals surface area contributed by atoms with Crippen molar-refractivity contribution in [1.29, 1.82) is 0 Å². The van der Waals surface area contributed by atoms with Gasteiger partial charge >= 0.3 is 0 Å². The number of nitrogens with zero attached hydrogens (tertiary/aromatic N) is 2. The second-order valence-corrected chi connectivity index (χ2v) is 21.8. The minimum atomic E-state index is 0.151. The quantitative estimate of drug-likeness (QED) is 0.152. The molecule has 0 aliphatic carbocycles. The number of aliphatic imine (C=N–C) groups is 1. The third-order valence-electron chi connectivity index (χ3n) is 14.0. The monoisotopic (exact) mass is 865 g/mol. The fourth-order valence-electron chi connectivity index (χ4n) is 11.6. The van der Waals surface area contributed by atoms with Crippen LogP contribution in [-0.4, -0.2) is 42.8 Å². The molecule has 0 saturated heterocycles. The predicted octanol–water partition coefficient (Wildman–Crippen LogP) is 9.93. The summed E-state index contributed by atoms with van der Waals surface area (Å²) < 4.78 is 4.19. The molecule has 0 N–H and O–H groups in total. The third kappa shape index (κ3) is 9.03. The minimum absolute atomic E-state index is 0.151. The highest BCUT2D eigenvalue weighted by Crippen LogP contribution is 2.27. The lowest BCUT2D eigenvalue weighted by molar-refractivity contribution is 0.216. The van der Waals surface area contributed by atoms with E-state index in [0.29, 0.717) is 6.04 Å². The molecule has 6 heteroatoms. The smallest absolute Gasteiger partial charge is 0.255 e. The van der Waals surface area contributed by atoms with Crippen molar-refractivity contribution in [3.8, 4) is 0 Å². The Labute approximate surface area is 387 Å². The summed E-state index contributed by atoms with van der Waals surface area (Å²) in [5.41, 5.74) is 27.2. The van der Waals surface area contributed by atoms with Crippen LogP contribution in [0.3, 0.4) is 0 Å². The first-order valence-electron chi connectivity index (χ1n) is 23.4. The Hall–Kier alpha value is -4.35. The number of rotatable bonds is 6. The Bertz CT molecular complexity index is 2760. The van der Waals surface area contributed by atoms with E-state index in [2.05, 4.69) is 175 Å². The maximum atomic E-state index is 5.66. The molecule has 4 heterocycles. The summed E-state index contributed by atoms with van der Waals surface area (Å²) in [5.74, 6) is 0. The zero-order chi connectivity index (χ0) is 45.0. The van der Waals surface area contributed by atoms with E-state index in [1.165, 1.54) is 118 Å². The van der Waals surface area contributed by atoms with E-state index in [1.807, 2.05) is 22.7 Å². The molecule has 2 aliphatic rings. The Morgan fingerprint density at radius 1 is 0.540 bits per heavy atom. The second kappa shape index (κ2) is 18.3. The largest absolute Gasteiger partial charge is 0.301 e. The highest BCUT2D eigenvalue weighted by molar-refractivity contribution is 7.29. The lowest BCUT2D eigenvalue weighted by Crippen LogP contribution is -2.55. The highest BCUT2D eigenvalue weighted by atomic mass is 32.1. The standard InChI is InChI=1S/C57H67B2N2S2/c1-33(2)61-21-15-17-46-31-50(58(52-38(7)23-34(3)24-39(52)8)53-40(9)25-35(4)26-41(53)10)62-56(46)48-19-20-49(60-48)57-47(18-16-22-61)32-51(63-57)59(54-42(11)27-36(5)28-43(54)12)55-44(13)29-37(6)30-45(55)14/h19-20,23-33H,15-18,21-22H2,1-14H3/q-1/b56-48+. The molecule has 2 nitrogen and oxygen atoms in total. The zero-order valence-electron chi connectivity index (χ0n) is 40.6. The number of aryl methyl sites for hydroxylation is 14. The molecule has 2 bridgehead atoms. The lowest BCUT2D eigenvalue weighted by Gasteiger charge is -2.29. The van der Waals surface area contributed by atoms with Crippen molar-refractivity contribution < 1.29 is 0 Å². The molecule has 63 heavy (non-hydrogen) atoms. The molecular weight excluding hydrogens is 798 g/mol. The Balaban J connectivity index is 1.39. The second-order valence-electron chi connectivity index (χ2n) is 19.7. The van der Waals surface area contributed by atoms with Gasteiger partial charge in [-0.2, -0.15) is 15.8 Å². The van der Waals surface area contributed by atoms with Gasteiger partial charge in [-0.3, -0.25) is 0 Å². The van der Waals surface area contributed by atoms with E-state index in [-0.39, 0.29) is 13.1 Å². The van der Waals surface area contributed by atoms with Crippen LogP contribution in [0.4, 0.5) is 0 Å². The topological polar surface area (TPSA) is 15.6 Å². The molecule has 6 aromatic rings. The molecule has 324 valence electrons. The molecule has 0 radical (unpaired) electrons. The molecule has 4 aromatic carbocycles. The summed E-state index contributed by atoms with van der Waals surface area (Å²) in [7, 11) is 0. The number of benzene rings is 4. The van der Waals surface area contributed by atoms with Crippen LogP contribution in [0.5, 0.6) is 0 Å². The first-order chi connectivity index (χ1) is 30.0. The van der Waals surface area contributed by atoms with Gasteiger partial charge in [0, 0.05) is 6.04 Å². The average molecular weight is 866 g/mol. The SMILES string of the molecule is Cc1cc(C)c(B(c2cc3c(s2)C2=N/C(=c4/sc(=[B-](c5c(C)cc(C)cc5C)c5c(C)cc(C)cc5C)cc4CCCN(C(C)C)CCC3)C=C2)c2c(C)cc(C)cc2C)c(C)c1. The molecule has 8 rings (SSSR count). The summed E-state index contributed by atoms with van der Waals surface area (Å²) in [4.78, 5) is 9.72. The zero-order valence-corrected chi connectivity index (χ0v) is 42.2. The van der Waals surface area contributed by atoms with Crippen LogP contribution in [0.25, 0.3) is 5.70 Å². The van der Waals surface area contributed by atoms with E-state index >= 15 is 0 Å². The number of hydrogen-bond acceptors (Lipinski definition) is 4. The first-order valence-corrected chi connectivity index (χ1v) is 25.1. The Morgan fingerprint density at radius 2 is 0.984 bits per heavy atom. The number of allylic oxidation sites excluding steroid dienone is 1. The van der Waals surface area contributed by atoms with Crippen LogP contribution < -0.4 is 31.2 Å². The maximum Gasteiger partial charge on any atom is 0.255 e. The van der Waals surface area contributed by atoms with Gasteiger partial charge in [-0.15, -0.1) is 11.3 Å². The van der Waals surface area contributed by atoms with Gasteiger partial charge in [0.2, 0.25) is 0 Å². The predicted molar refractivity (Wildman–Crippen MR) is 282 cm³/mol. The van der Waals surface area contributed by atoms with Crippen molar-refractivity contribution in [1.82, 2.24) is 4.90 Å². The molecule has 2 aliphatic heterocycles. The average Bonchev–Trinajstić information content (AvgIpc) is 3.93. The van der Waals surface area contributed by atoms with Gasteiger partial charge in [0.05, 0.1) is 20.8 Å². The van der Waals surface area contributed by atoms with Crippen molar-refractivity contribution in [2.45, 2.75) is 129 Å². The minimum Gasteiger partial charge on any atom is -0.301 e. The van der Waals surface area contributed by atoms with Crippen LogP contribution in [-0.2, 0) is 12.8 Å². The fraction of sp³-hybridized carbons (Fsp3) is 0.368. The van der Waals surface area contributed by atoms with E-state index < -0.39 is 0 Å². The normalized spacial score (nSPS) is 15.4. The van der Waals surface area contributed by atoms with Crippen LogP contribution in [0.2, 0.25) is 0 Å². The molecule has 2 aromatic heterocycles. The van der Waals surface area contributed by atoms with Crippen molar-refractivity contribution in [3.63, 3.8) is 0 Å². The molecular formula is C57H67B2N2S2-. The van der Waals surface area contributed by atoms with Crippen molar-refractivity contribution in [2.75, 3.05) is 13.1 Å². The summed E-state index contributed by atoms with van der Waals surface area (Å²) in [6, 6.07) is 24.8. The van der Waals surface area contributed by atoms with E-state index in [9.17, 15) is 0 Å². The summed E-state index contributed by atoms with van der Waals surface area (Å²) in [5, 5.41) is 0. The Morgan fingerprint density at radius 3 is 1.44 bits per heavy atom. The molecule has 0 amide bonds. The highest BCUT2D eigenvalue weighted by Gasteiger charge is 2.32. The van der Waals surface area contributed by atoms with E-state index in [4.69, 9.17) is 4.99 Å². The van der Waals surface area contributed by atoms with Gasteiger partial charge in [0.1, 0.15) is 0 Å². The van der Waals surface area contributed by atoms with E-state index in [1.54, 1.807) is 0 Å². The molecule has 0 saturated carbocycles. The van der Waals surface area contributed by atoms with Crippen LogP contribution in [0.1, 0.15) is 109 Å². The molecule has 0 spiro atoms.